The minimum absolute atomic E-state index is 0.304. The lowest BCUT2D eigenvalue weighted by Gasteiger charge is -2.16. The van der Waals surface area contributed by atoms with Crippen molar-refractivity contribution >= 4 is 33.3 Å². The van der Waals surface area contributed by atoms with E-state index in [4.69, 9.17) is 4.74 Å². The molecule has 1 aliphatic heterocycles. The molecule has 148 valence electrons. The second kappa shape index (κ2) is 8.02. The third-order valence-electron chi connectivity index (χ3n) is 4.41. The molecule has 1 N–H and O–H groups in total. The number of carbonyl (C=O) groups excluding carboxylic acids is 2. The minimum atomic E-state index is -3.32. The highest BCUT2D eigenvalue weighted by Crippen LogP contribution is 2.30. The van der Waals surface area contributed by atoms with Gasteiger partial charge in [0.15, 0.2) is 0 Å². The van der Waals surface area contributed by atoms with Crippen LogP contribution in [0.25, 0.3) is 0 Å². The van der Waals surface area contributed by atoms with Crippen LogP contribution < -0.4 is 9.62 Å². The van der Waals surface area contributed by atoms with Crippen LogP contribution in [0.4, 0.5) is 11.4 Å². The molecule has 0 saturated heterocycles. The summed E-state index contributed by atoms with van der Waals surface area (Å²) in [5.74, 6) is -0.698. The van der Waals surface area contributed by atoms with Gasteiger partial charge in [0, 0.05) is 17.8 Å². The van der Waals surface area contributed by atoms with E-state index in [1.807, 2.05) is 6.92 Å². The van der Waals surface area contributed by atoms with Crippen molar-refractivity contribution in [2.45, 2.75) is 19.8 Å². The van der Waals surface area contributed by atoms with Crippen LogP contribution in [0.2, 0.25) is 0 Å². The molecular formula is C20H22N2O5S. The Balaban J connectivity index is 1.70. The van der Waals surface area contributed by atoms with Crippen molar-refractivity contribution in [3.63, 3.8) is 0 Å². The molecule has 28 heavy (non-hydrogen) atoms. The van der Waals surface area contributed by atoms with Crippen molar-refractivity contribution in [3.8, 4) is 0 Å². The molecular weight excluding hydrogens is 380 g/mol. The lowest BCUT2D eigenvalue weighted by atomic mass is 10.1. The number of hydrogen-bond donors (Lipinski definition) is 1. The molecule has 1 aliphatic rings. The summed E-state index contributed by atoms with van der Waals surface area (Å²) in [5, 5.41) is 2.78. The second-order valence-electron chi connectivity index (χ2n) is 6.60. The van der Waals surface area contributed by atoms with Crippen LogP contribution in [0.3, 0.4) is 0 Å². The zero-order valence-corrected chi connectivity index (χ0v) is 16.6. The van der Waals surface area contributed by atoms with E-state index in [1.54, 1.807) is 42.5 Å². The molecule has 0 spiro atoms. The SMILES string of the molecule is CCCOC(=O)c1ccc(NC(=O)c2ccc3c(c2)CCN3S(C)(=O)=O)cc1. The third-order valence-corrected chi connectivity index (χ3v) is 5.59. The van der Waals surface area contributed by atoms with Gasteiger partial charge in [-0.05, 0) is 60.9 Å². The zero-order chi connectivity index (χ0) is 20.3. The van der Waals surface area contributed by atoms with Crippen LogP contribution in [-0.4, -0.2) is 39.7 Å². The number of fused-ring (bicyclic) bond motifs is 1. The topological polar surface area (TPSA) is 92.8 Å². The normalized spacial score (nSPS) is 13.1. The standard InChI is InChI=1S/C20H22N2O5S/c1-3-12-27-20(24)14-4-7-17(8-5-14)21-19(23)16-6-9-18-15(13-16)10-11-22(18)28(2,25)26/h4-9,13H,3,10-12H2,1-2H3,(H,21,23). The van der Waals surface area contributed by atoms with Gasteiger partial charge in [-0.2, -0.15) is 0 Å². The van der Waals surface area contributed by atoms with Crippen LogP contribution in [0, 0.1) is 0 Å². The number of anilines is 2. The average molecular weight is 402 g/mol. The highest BCUT2D eigenvalue weighted by molar-refractivity contribution is 7.92. The van der Waals surface area contributed by atoms with Gasteiger partial charge in [-0.3, -0.25) is 9.10 Å². The Bertz CT molecular complexity index is 1000. The summed E-state index contributed by atoms with van der Waals surface area (Å²) in [6, 6.07) is 11.4. The van der Waals surface area contributed by atoms with E-state index in [1.165, 1.54) is 10.6 Å². The van der Waals surface area contributed by atoms with Gasteiger partial charge in [-0.1, -0.05) is 6.92 Å². The van der Waals surface area contributed by atoms with Gasteiger partial charge in [0.25, 0.3) is 5.91 Å². The highest BCUT2D eigenvalue weighted by atomic mass is 32.2. The number of benzene rings is 2. The van der Waals surface area contributed by atoms with Crippen molar-refractivity contribution in [3.05, 3.63) is 59.2 Å². The Morgan fingerprint density at radius 3 is 2.43 bits per heavy atom. The Labute approximate surface area is 164 Å². The van der Waals surface area contributed by atoms with Gasteiger partial charge >= 0.3 is 5.97 Å². The summed E-state index contributed by atoms with van der Waals surface area (Å²) in [6.45, 7) is 2.67. The molecule has 0 saturated carbocycles. The van der Waals surface area contributed by atoms with Crippen LogP contribution in [0.15, 0.2) is 42.5 Å². The first-order chi connectivity index (χ1) is 13.3. The lowest BCUT2D eigenvalue weighted by Crippen LogP contribution is -2.27. The largest absolute Gasteiger partial charge is 0.462 e. The van der Waals surface area contributed by atoms with Gasteiger partial charge in [0.1, 0.15) is 0 Å². The average Bonchev–Trinajstić information content (AvgIpc) is 3.10. The predicted molar refractivity (Wildman–Crippen MR) is 107 cm³/mol. The lowest BCUT2D eigenvalue weighted by molar-refractivity contribution is 0.0505. The molecule has 1 amide bonds. The first kappa shape index (κ1) is 19.9. The number of nitrogens with zero attached hydrogens (tertiary/aromatic N) is 1. The molecule has 0 fully saturated rings. The first-order valence-corrected chi connectivity index (χ1v) is 10.8. The molecule has 0 radical (unpaired) electrons. The predicted octanol–water partition coefficient (Wildman–Crippen LogP) is 2.83. The van der Waals surface area contributed by atoms with Gasteiger partial charge < -0.3 is 10.1 Å². The monoisotopic (exact) mass is 402 g/mol. The Hall–Kier alpha value is -2.87. The molecule has 3 rings (SSSR count). The Kier molecular flexibility index (Phi) is 5.69. The summed E-state index contributed by atoms with van der Waals surface area (Å²) < 4.78 is 30.0. The number of esters is 1. The number of ether oxygens (including phenoxy) is 1. The minimum Gasteiger partial charge on any atom is -0.462 e. The third kappa shape index (κ3) is 4.33. The summed E-state index contributed by atoms with van der Waals surface area (Å²) in [7, 11) is -3.32. The maximum Gasteiger partial charge on any atom is 0.338 e. The molecule has 0 aromatic heterocycles. The number of amides is 1. The van der Waals surface area contributed by atoms with Crippen molar-refractivity contribution in [1.82, 2.24) is 0 Å². The molecule has 8 heteroatoms. The van der Waals surface area contributed by atoms with Crippen molar-refractivity contribution in [2.75, 3.05) is 29.0 Å². The quantitative estimate of drug-likeness (QED) is 0.750. The van der Waals surface area contributed by atoms with E-state index in [0.717, 1.165) is 12.0 Å². The van der Waals surface area contributed by atoms with Gasteiger partial charge in [-0.25, -0.2) is 13.2 Å². The highest BCUT2D eigenvalue weighted by Gasteiger charge is 2.26. The number of carbonyl (C=O) groups is 2. The van der Waals surface area contributed by atoms with Crippen LogP contribution in [0.5, 0.6) is 0 Å². The van der Waals surface area contributed by atoms with Gasteiger partial charge in [-0.15, -0.1) is 0 Å². The Morgan fingerprint density at radius 2 is 1.79 bits per heavy atom. The van der Waals surface area contributed by atoms with E-state index >= 15 is 0 Å². The number of hydrogen-bond acceptors (Lipinski definition) is 5. The summed E-state index contributed by atoms with van der Waals surface area (Å²) in [4.78, 5) is 24.3. The molecule has 2 aromatic rings. The molecule has 0 unspecified atom stereocenters. The van der Waals surface area contributed by atoms with Gasteiger partial charge in [0.2, 0.25) is 10.0 Å². The zero-order valence-electron chi connectivity index (χ0n) is 15.8. The van der Waals surface area contributed by atoms with Crippen molar-refractivity contribution in [2.24, 2.45) is 0 Å². The number of sulfonamides is 1. The fourth-order valence-electron chi connectivity index (χ4n) is 3.03. The van der Waals surface area contributed by atoms with Crippen LogP contribution in [-0.2, 0) is 21.2 Å². The van der Waals surface area contributed by atoms with E-state index in [0.29, 0.717) is 42.1 Å². The molecule has 2 aromatic carbocycles. The van der Waals surface area contributed by atoms with E-state index in [2.05, 4.69) is 5.32 Å². The van der Waals surface area contributed by atoms with E-state index in [9.17, 15) is 18.0 Å². The van der Waals surface area contributed by atoms with Gasteiger partial charge in [0.05, 0.1) is 24.1 Å². The summed E-state index contributed by atoms with van der Waals surface area (Å²) in [6.07, 6.45) is 2.49. The van der Waals surface area contributed by atoms with E-state index < -0.39 is 16.0 Å². The fourth-order valence-corrected chi connectivity index (χ4v) is 3.99. The first-order valence-electron chi connectivity index (χ1n) is 8.99. The summed E-state index contributed by atoms with van der Waals surface area (Å²) >= 11 is 0. The molecule has 7 nitrogen and oxygen atoms in total. The molecule has 0 atom stereocenters. The molecule has 0 bridgehead atoms. The summed E-state index contributed by atoms with van der Waals surface area (Å²) in [5.41, 5.74) is 2.86. The second-order valence-corrected chi connectivity index (χ2v) is 8.50. The van der Waals surface area contributed by atoms with Crippen molar-refractivity contribution in [1.29, 1.82) is 0 Å². The van der Waals surface area contributed by atoms with Crippen LogP contribution >= 0.6 is 0 Å². The number of nitrogens with one attached hydrogen (secondary N) is 1. The van der Waals surface area contributed by atoms with E-state index in [-0.39, 0.29) is 5.91 Å². The fraction of sp³-hybridized carbons (Fsp3) is 0.300. The van der Waals surface area contributed by atoms with Crippen LogP contribution in [0.1, 0.15) is 39.6 Å². The maximum absolute atomic E-state index is 12.5. The maximum atomic E-state index is 12.5. The smallest absolute Gasteiger partial charge is 0.338 e. The number of rotatable bonds is 6. The molecule has 1 heterocycles. The Morgan fingerprint density at radius 1 is 1.11 bits per heavy atom. The van der Waals surface area contributed by atoms with Crippen molar-refractivity contribution < 1.29 is 22.7 Å². The molecule has 0 aliphatic carbocycles.